The summed E-state index contributed by atoms with van der Waals surface area (Å²) in [6, 6.07) is 4.53. The van der Waals surface area contributed by atoms with Crippen molar-refractivity contribution in [3.05, 3.63) is 23.9 Å². The highest BCUT2D eigenvalue weighted by molar-refractivity contribution is 7.18. The maximum Gasteiger partial charge on any atom is 0.185 e. The maximum atomic E-state index is 4.89. The van der Waals surface area contributed by atoms with Crippen LogP contribution in [0.1, 0.15) is 18.4 Å². The molecule has 7 heteroatoms. The number of hydrogen-bond donors (Lipinski definition) is 1. The normalized spacial score (nSPS) is 18.7. The van der Waals surface area contributed by atoms with Crippen LogP contribution < -0.4 is 9.80 Å². The third-order valence-electron chi connectivity index (χ3n) is 5.73. The molecule has 0 spiro atoms. The average Bonchev–Trinajstić information content (AvgIpc) is 3.41. The molecule has 2 fully saturated rings. The molecule has 2 aliphatic heterocycles. The molecule has 5 rings (SSSR count). The first-order valence-electron chi connectivity index (χ1n) is 9.82. The van der Waals surface area contributed by atoms with Crippen molar-refractivity contribution in [1.82, 2.24) is 19.9 Å². The van der Waals surface area contributed by atoms with Gasteiger partial charge in [0.1, 0.15) is 5.82 Å². The van der Waals surface area contributed by atoms with Crippen LogP contribution >= 0.6 is 11.3 Å². The fourth-order valence-corrected chi connectivity index (χ4v) is 4.98. The molecule has 1 N–H and O–H groups in total. The summed E-state index contributed by atoms with van der Waals surface area (Å²) in [4.78, 5) is 21.4. The number of fused-ring (bicyclic) bond motifs is 1. The number of aryl methyl sites for hydroxylation is 1. The molecule has 6 nitrogen and oxygen atoms in total. The Bertz CT molecular complexity index is 947. The summed E-state index contributed by atoms with van der Waals surface area (Å²) in [6.45, 7) is 8.81. The molecule has 4 heterocycles. The van der Waals surface area contributed by atoms with E-state index in [1.807, 2.05) is 6.20 Å². The first-order valence-corrected chi connectivity index (χ1v) is 10.6. The van der Waals surface area contributed by atoms with E-state index in [9.17, 15) is 0 Å². The van der Waals surface area contributed by atoms with Crippen LogP contribution in [-0.4, -0.2) is 66.2 Å². The lowest BCUT2D eigenvalue weighted by molar-refractivity contribution is 0.313. The monoisotopic (exact) mass is 382 g/mol. The first-order chi connectivity index (χ1) is 13.2. The van der Waals surface area contributed by atoms with Crippen molar-refractivity contribution in [2.45, 2.75) is 19.8 Å². The van der Waals surface area contributed by atoms with Crippen molar-refractivity contribution in [2.75, 3.05) is 56.1 Å². The molecule has 2 aromatic heterocycles. The molecule has 0 atom stereocenters. The number of benzene rings is 1. The summed E-state index contributed by atoms with van der Waals surface area (Å²) in [5, 5.41) is 1.12. The van der Waals surface area contributed by atoms with E-state index >= 15 is 0 Å². The van der Waals surface area contributed by atoms with Crippen LogP contribution in [0.25, 0.3) is 21.7 Å². The second kappa shape index (κ2) is 6.80. The van der Waals surface area contributed by atoms with Crippen molar-refractivity contribution in [3.63, 3.8) is 0 Å². The number of nitrogens with one attached hydrogen (secondary N) is 1. The molecule has 2 saturated heterocycles. The Morgan fingerprint density at radius 2 is 1.78 bits per heavy atom. The molecule has 27 heavy (non-hydrogen) atoms. The molecule has 0 saturated carbocycles. The molecule has 142 valence electrons. The van der Waals surface area contributed by atoms with E-state index in [4.69, 9.17) is 4.98 Å². The Morgan fingerprint density at radius 1 is 1.00 bits per heavy atom. The molecule has 1 aromatic carbocycles. The predicted molar refractivity (Wildman–Crippen MR) is 113 cm³/mol. The lowest BCUT2D eigenvalue weighted by Crippen LogP contribution is -2.44. The van der Waals surface area contributed by atoms with Crippen molar-refractivity contribution in [1.29, 1.82) is 0 Å². The minimum absolute atomic E-state index is 0.937. The van der Waals surface area contributed by atoms with Crippen LogP contribution in [0.4, 0.5) is 10.8 Å². The third kappa shape index (κ3) is 3.19. The molecule has 0 radical (unpaired) electrons. The largest absolute Gasteiger partial charge is 0.369 e. The molecule has 0 amide bonds. The van der Waals surface area contributed by atoms with Gasteiger partial charge in [0.25, 0.3) is 0 Å². The van der Waals surface area contributed by atoms with Crippen LogP contribution in [0.5, 0.6) is 0 Å². The third-order valence-corrected chi connectivity index (χ3v) is 6.80. The second-order valence-corrected chi connectivity index (χ2v) is 8.74. The number of H-pyrrole nitrogens is 1. The van der Waals surface area contributed by atoms with E-state index in [0.29, 0.717) is 0 Å². The van der Waals surface area contributed by atoms with Crippen molar-refractivity contribution >= 4 is 33.2 Å². The Labute approximate surface area is 163 Å². The minimum Gasteiger partial charge on any atom is -0.369 e. The smallest absolute Gasteiger partial charge is 0.185 e. The molecular weight excluding hydrogens is 356 g/mol. The molecule has 0 aliphatic carbocycles. The van der Waals surface area contributed by atoms with Crippen LogP contribution in [-0.2, 0) is 0 Å². The second-order valence-electron chi connectivity index (χ2n) is 7.74. The fraction of sp³-hybridized carbons (Fsp3) is 0.500. The maximum absolute atomic E-state index is 4.89. The highest BCUT2D eigenvalue weighted by atomic mass is 32.1. The number of hydrogen-bond acceptors (Lipinski definition) is 6. The summed E-state index contributed by atoms with van der Waals surface area (Å²) in [5.74, 6) is 0.937. The number of thiazole rings is 1. The van der Waals surface area contributed by atoms with Gasteiger partial charge in [-0.25, -0.2) is 9.97 Å². The quantitative estimate of drug-likeness (QED) is 0.753. The first kappa shape index (κ1) is 17.0. The average molecular weight is 383 g/mol. The van der Waals surface area contributed by atoms with Gasteiger partial charge in [0.2, 0.25) is 0 Å². The van der Waals surface area contributed by atoms with Gasteiger partial charge in [-0.15, -0.1) is 0 Å². The van der Waals surface area contributed by atoms with Crippen molar-refractivity contribution < 1.29 is 0 Å². The molecule has 0 bridgehead atoms. The van der Waals surface area contributed by atoms with Gasteiger partial charge >= 0.3 is 0 Å². The SMILES string of the molecule is Cc1cc(N2CCN(C)CC2)cc2[nH]c(-c3cnc(N4CCCC4)s3)nc12. The van der Waals surface area contributed by atoms with E-state index in [1.54, 1.807) is 11.3 Å². The summed E-state index contributed by atoms with van der Waals surface area (Å²) in [7, 11) is 2.19. The van der Waals surface area contributed by atoms with Crippen molar-refractivity contribution in [3.8, 4) is 10.7 Å². The number of imidazole rings is 1. The van der Waals surface area contributed by atoms with E-state index < -0.39 is 0 Å². The van der Waals surface area contributed by atoms with Gasteiger partial charge in [0, 0.05) is 45.0 Å². The zero-order valence-corrected chi connectivity index (χ0v) is 16.8. The summed E-state index contributed by atoms with van der Waals surface area (Å²) in [6.07, 6.45) is 4.51. The van der Waals surface area contributed by atoms with Gasteiger partial charge in [0.05, 0.1) is 22.1 Å². The highest BCUT2D eigenvalue weighted by Crippen LogP contribution is 2.33. The minimum atomic E-state index is 0.937. The van der Waals surface area contributed by atoms with Gasteiger partial charge in [0.15, 0.2) is 5.13 Å². The standard InChI is InChI=1S/C20H26N6S/c1-14-11-15(25-9-7-24(2)8-10-25)12-16-18(14)23-19(22-16)17-13-21-20(27-17)26-5-3-4-6-26/h11-13H,3-10H2,1-2H3,(H,22,23). The molecule has 0 unspecified atom stereocenters. The number of aromatic amines is 1. The van der Waals surface area contributed by atoms with E-state index in [2.05, 4.69) is 50.8 Å². The topological polar surface area (TPSA) is 51.3 Å². The van der Waals surface area contributed by atoms with E-state index in [-0.39, 0.29) is 0 Å². The summed E-state index contributed by atoms with van der Waals surface area (Å²) in [5.41, 5.74) is 4.72. The van der Waals surface area contributed by atoms with E-state index in [0.717, 1.165) is 66.1 Å². The number of aromatic nitrogens is 3. The number of nitrogens with zero attached hydrogens (tertiary/aromatic N) is 5. The van der Waals surface area contributed by atoms with Crippen LogP contribution in [0, 0.1) is 6.92 Å². The Hall–Kier alpha value is -2.12. The predicted octanol–water partition coefficient (Wildman–Crippen LogP) is 3.35. The lowest BCUT2D eigenvalue weighted by atomic mass is 10.1. The number of piperazine rings is 1. The molecular formula is C20H26N6S. The molecule has 3 aromatic rings. The van der Waals surface area contributed by atoms with Gasteiger partial charge in [-0.2, -0.15) is 0 Å². The van der Waals surface area contributed by atoms with Crippen LogP contribution in [0.15, 0.2) is 18.3 Å². The van der Waals surface area contributed by atoms with Crippen LogP contribution in [0.2, 0.25) is 0 Å². The number of rotatable bonds is 3. The van der Waals surface area contributed by atoms with E-state index in [1.165, 1.54) is 24.1 Å². The Morgan fingerprint density at radius 3 is 2.56 bits per heavy atom. The zero-order valence-electron chi connectivity index (χ0n) is 16.0. The molecule has 2 aliphatic rings. The Balaban J connectivity index is 1.45. The zero-order chi connectivity index (χ0) is 18.4. The van der Waals surface area contributed by atoms with Crippen molar-refractivity contribution in [2.24, 2.45) is 0 Å². The van der Waals surface area contributed by atoms with Gasteiger partial charge < -0.3 is 19.7 Å². The van der Waals surface area contributed by atoms with Gasteiger partial charge in [-0.3, -0.25) is 0 Å². The fourth-order valence-electron chi connectivity index (χ4n) is 4.06. The summed E-state index contributed by atoms with van der Waals surface area (Å²) < 4.78 is 0. The van der Waals surface area contributed by atoms with Gasteiger partial charge in [-0.1, -0.05) is 11.3 Å². The lowest BCUT2D eigenvalue weighted by Gasteiger charge is -2.34. The number of likely N-dealkylation sites (N-methyl/N-ethyl adjacent to an activating group) is 1. The summed E-state index contributed by atoms with van der Waals surface area (Å²) >= 11 is 1.74. The van der Waals surface area contributed by atoms with Gasteiger partial charge in [-0.05, 0) is 44.5 Å². The Kier molecular flexibility index (Phi) is 4.28. The van der Waals surface area contributed by atoms with Crippen LogP contribution in [0.3, 0.4) is 0 Å². The number of anilines is 2. The highest BCUT2D eigenvalue weighted by Gasteiger charge is 2.19.